The van der Waals surface area contributed by atoms with Crippen molar-refractivity contribution in [1.82, 2.24) is 24.6 Å². The highest BCUT2D eigenvalue weighted by molar-refractivity contribution is 5.97. The van der Waals surface area contributed by atoms with E-state index in [1.807, 2.05) is 31.4 Å². The molecule has 2 aromatic heterocycles. The number of amides is 1. The zero-order chi connectivity index (χ0) is 18.7. The quantitative estimate of drug-likeness (QED) is 0.609. The molecule has 0 aliphatic rings. The van der Waals surface area contributed by atoms with Crippen molar-refractivity contribution in [3.05, 3.63) is 48.4 Å². The highest BCUT2D eigenvalue weighted by atomic mass is 35.5. The van der Waals surface area contributed by atoms with Crippen molar-refractivity contribution in [3.63, 3.8) is 0 Å². The molecule has 0 aliphatic carbocycles. The van der Waals surface area contributed by atoms with Crippen LogP contribution < -0.4 is 10.6 Å². The molecule has 2 heterocycles. The number of hydrogen-bond acceptors (Lipinski definition) is 4. The number of anilines is 1. The van der Waals surface area contributed by atoms with Gasteiger partial charge in [0.2, 0.25) is 5.91 Å². The number of hydrogen-bond donors (Lipinski definition) is 2. The van der Waals surface area contributed by atoms with Crippen molar-refractivity contribution >= 4 is 47.3 Å². The van der Waals surface area contributed by atoms with Gasteiger partial charge in [-0.05, 0) is 44.7 Å². The molecule has 2 N–H and O–H groups in total. The molecule has 0 radical (unpaired) electrons. The first-order valence-electron chi connectivity index (χ1n) is 8.68. The third-order valence-electron chi connectivity index (χ3n) is 4.44. The van der Waals surface area contributed by atoms with Gasteiger partial charge < -0.3 is 20.1 Å². The Morgan fingerprint density at radius 3 is 2.61 bits per heavy atom. The van der Waals surface area contributed by atoms with Gasteiger partial charge in [-0.3, -0.25) is 9.48 Å². The molecule has 1 unspecified atom stereocenters. The van der Waals surface area contributed by atoms with Gasteiger partial charge in [-0.15, -0.1) is 24.8 Å². The van der Waals surface area contributed by atoms with E-state index in [0.29, 0.717) is 0 Å². The van der Waals surface area contributed by atoms with Crippen LogP contribution >= 0.6 is 24.8 Å². The van der Waals surface area contributed by atoms with E-state index in [1.54, 1.807) is 17.9 Å². The molecule has 0 spiro atoms. The van der Waals surface area contributed by atoms with Crippen molar-refractivity contribution in [2.75, 3.05) is 33.0 Å². The summed E-state index contributed by atoms with van der Waals surface area (Å²) in [6.07, 6.45) is 5.64. The zero-order valence-electron chi connectivity index (χ0n) is 16.5. The Balaban J connectivity index is 0.00000196. The van der Waals surface area contributed by atoms with Gasteiger partial charge in [0.15, 0.2) is 0 Å². The number of benzene rings is 1. The van der Waals surface area contributed by atoms with Crippen molar-refractivity contribution in [2.45, 2.75) is 12.6 Å². The van der Waals surface area contributed by atoms with Crippen molar-refractivity contribution < 1.29 is 4.79 Å². The lowest BCUT2D eigenvalue weighted by molar-refractivity contribution is -0.118. The maximum atomic E-state index is 12.7. The average Bonchev–Trinajstić information content (AvgIpc) is 3.20. The first kappa shape index (κ1) is 24.0. The fourth-order valence-corrected chi connectivity index (χ4v) is 3.02. The molecule has 0 fully saturated rings. The van der Waals surface area contributed by atoms with Crippen LogP contribution in [-0.2, 0) is 18.4 Å². The minimum Gasteiger partial charge on any atom is -0.346 e. The van der Waals surface area contributed by atoms with Gasteiger partial charge in [-0.25, -0.2) is 0 Å². The molecule has 0 saturated heterocycles. The van der Waals surface area contributed by atoms with Crippen LogP contribution in [0, 0.1) is 0 Å². The molecule has 1 atom stereocenters. The summed E-state index contributed by atoms with van der Waals surface area (Å²) in [6.45, 7) is 1.87. The fourth-order valence-electron chi connectivity index (χ4n) is 3.02. The molecule has 7 nitrogen and oxygen atoms in total. The molecule has 9 heteroatoms. The van der Waals surface area contributed by atoms with Crippen LogP contribution in [-0.4, -0.2) is 52.8 Å². The molecule has 0 bridgehead atoms. The topological polar surface area (TPSA) is 67.1 Å². The van der Waals surface area contributed by atoms with E-state index in [-0.39, 0.29) is 30.7 Å². The summed E-state index contributed by atoms with van der Waals surface area (Å²) in [5.41, 5.74) is 2.74. The Bertz CT molecular complexity index is 905. The number of carbonyl (C=O) groups excluding carboxylic acids is 1. The van der Waals surface area contributed by atoms with E-state index in [0.717, 1.165) is 29.9 Å². The summed E-state index contributed by atoms with van der Waals surface area (Å²) >= 11 is 0. The van der Waals surface area contributed by atoms with Crippen LogP contribution in [0.3, 0.4) is 0 Å². The van der Waals surface area contributed by atoms with Gasteiger partial charge in [0, 0.05) is 43.8 Å². The minimum atomic E-state index is -0.445. The van der Waals surface area contributed by atoms with E-state index in [2.05, 4.69) is 51.6 Å². The number of fused-ring (bicyclic) bond motifs is 1. The largest absolute Gasteiger partial charge is 0.346 e. The van der Waals surface area contributed by atoms with Crippen LogP contribution in [0.2, 0.25) is 0 Å². The Hall–Kier alpha value is -2.06. The lowest BCUT2D eigenvalue weighted by Gasteiger charge is -2.15. The Labute approximate surface area is 177 Å². The Morgan fingerprint density at radius 2 is 2.00 bits per heavy atom. The second kappa shape index (κ2) is 10.5. The van der Waals surface area contributed by atoms with Crippen LogP contribution in [0.4, 0.5) is 5.69 Å². The number of aryl methyl sites for hydroxylation is 1. The fraction of sp³-hybridized carbons (Fsp3) is 0.368. The van der Waals surface area contributed by atoms with E-state index in [4.69, 9.17) is 0 Å². The van der Waals surface area contributed by atoms with Crippen LogP contribution in [0.15, 0.2) is 42.9 Å². The van der Waals surface area contributed by atoms with Gasteiger partial charge in [-0.2, -0.15) is 5.10 Å². The maximum Gasteiger partial charge on any atom is 0.246 e. The van der Waals surface area contributed by atoms with Crippen LogP contribution in [0.1, 0.15) is 11.6 Å². The molecule has 28 heavy (non-hydrogen) atoms. The first-order chi connectivity index (χ1) is 12.5. The first-order valence-corrected chi connectivity index (χ1v) is 8.68. The number of nitrogens with zero attached hydrogens (tertiary/aromatic N) is 4. The van der Waals surface area contributed by atoms with Crippen molar-refractivity contribution in [1.29, 1.82) is 0 Å². The van der Waals surface area contributed by atoms with E-state index < -0.39 is 6.04 Å². The van der Waals surface area contributed by atoms with Crippen molar-refractivity contribution in [3.8, 4) is 0 Å². The van der Waals surface area contributed by atoms with Gasteiger partial charge in [-0.1, -0.05) is 6.07 Å². The number of nitrogens with one attached hydrogen (secondary N) is 2. The second-order valence-corrected chi connectivity index (χ2v) is 6.74. The van der Waals surface area contributed by atoms with Gasteiger partial charge in [0.25, 0.3) is 0 Å². The lowest BCUT2D eigenvalue weighted by atomic mass is 10.1. The summed E-state index contributed by atoms with van der Waals surface area (Å²) in [5, 5.41) is 11.4. The highest BCUT2D eigenvalue weighted by Crippen LogP contribution is 2.22. The third kappa shape index (κ3) is 5.48. The molecule has 3 rings (SSSR count). The normalized spacial score (nSPS) is 11.8. The number of rotatable bonds is 7. The summed E-state index contributed by atoms with van der Waals surface area (Å²) in [7, 11) is 7.73. The summed E-state index contributed by atoms with van der Waals surface area (Å²) in [4.78, 5) is 14.9. The number of aromatic nitrogens is 3. The van der Waals surface area contributed by atoms with Crippen molar-refractivity contribution in [2.24, 2.45) is 7.05 Å². The number of carbonyl (C=O) groups is 1. The summed E-state index contributed by atoms with van der Waals surface area (Å²) < 4.78 is 3.90. The third-order valence-corrected chi connectivity index (χ3v) is 4.44. The molecular weight excluding hydrogens is 399 g/mol. The Kier molecular flexibility index (Phi) is 8.97. The van der Waals surface area contributed by atoms with Gasteiger partial charge in [0.1, 0.15) is 6.04 Å². The molecule has 0 saturated carbocycles. The standard InChI is InChI=1S/C19H26N6O.2ClH/c1-20-18(15-12-21-24(4)13-15)19(26)22-16-6-5-14-7-8-25(17(14)11-16)10-9-23(2)3;;/h5-8,11-13,18,20H,9-10H2,1-4H3,(H,22,26);2*1H. The molecule has 154 valence electrons. The Morgan fingerprint density at radius 1 is 1.25 bits per heavy atom. The predicted molar refractivity (Wildman–Crippen MR) is 119 cm³/mol. The maximum absolute atomic E-state index is 12.7. The molecule has 1 amide bonds. The number of likely N-dealkylation sites (N-methyl/N-ethyl adjacent to an activating group) is 2. The molecule has 1 aromatic carbocycles. The van der Waals surface area contributed by atoms with Crippen LogP contribution in [0.5, 0.6) is 0 Å². The lowest BCUT2D eigenvalue weighted by Crippen LogP contribution is -2.30. The highest BCUT2D eigenvalue weighted by Gasteiger charge is 2.20. The SMILES string of the molecule is CNC(C(=O)Nc1ccc2ccn(CCN(C)C)c2c1)c1cnn(C)c1.Cl.Cl. The van der Waals surface area contributed by atoms with E-state index >= 15 is 0 Å². The molecular formula is C19H28Cl2N6O. The average molecular weight is 427 g/mol. The monoisotopic (exact) mass is 426 g/mol. The smallest absolute Gasteiger partial charge is 0.246 e. The molecule has 3 aromatic rings. The van der Waals surface area contributed by atoms with E-state index in [1.165, 1.54) is 5.39 Å². The van der Waals surface area contributed by atoms with Gasteiger partial charge >= 0.3 is 0 Å². The van der Waals surface area contributed by atoms with E-state index in [9.17, 15) is 4.79 Å². The van der Waals surface area contributed by atoms with Crippen LogP contribution in [0.25, 0.3) is 10.9 Å². The second-order valence-electron chi connectivity index (χ2n) is 6.74. The minimum absolute atomic E-state index is 0. The zero-order valence-corrected chi connectivity index (χ0v) is 18.2. The summed E-state index contributed by atoms with van der Waals surface area (Å²) in [5.74, 6) is -0.105. The predicted octanol–water partition coefficient (Wildman–Crippen LogP) is 2.68. The van der Waals surface area contributed by atoms with Gasteiger partial charge in [0.05, 0.1) is 11.7 Å². The molecule has 0 aliphatic heterocycles. The number of halogens is 2. The summed E-state index contributed by atoms with van der Waals surface area (Å²) in [6, 6.07) is 7.66.